The quantitative estimate of drug-likeness (QED) is 0.873. The fraction of sp³-hybridized carbons (Fsp3) is 0.385. The number of hydrogen-bond donors (Lipinski definition) is 2. The molecule has 20 heavy (non-hydrogen) atoms. The highest BCUT2D eigenvalue weighted by Gasteiger charge is 2.31. The highest BCUT2D eigenvalue weighted by Crippen LogP contribution is 2.23. The number of nitrogens with zero attached hydrogens (tertiary/aromatic N) is 1. The van der Waals surface area contributed by atoms with E-state index in [0.717, 1.165) is 0 Å². The summed E-state index contributed by atoms with van der Waals surface area (Å²) in [6.45, 7) is 3.78. The molecule has 0 unspecified atom stereocenters. The zero-order valence-electron chi connectivity index (χ0n) is 11.2. The Morgan fingerprint density at radius 1 is 1.35 bits per heavy atom. The van der Waals surface area contributed by atoms with Gasteiger partial charge in [0.25, 0.3) is 10.0 Å². The Morgan fingerprint density at radius 2 is 2.00 bits per heavy atom. The average Bonchev–Trinajstić information content (AvgIpc) is 2.60. The van der Waals surface area contributed by atoms with E-state index in [1.165, 1.54) is 6.07 Å². The molecule has 6 nitrogen and oxygen atoms in total. The summed E-state index contributed by atoms with van der Waals surface area (Å²) in [7, 11) is -3.63. The van der Waals surface area contributed by atoms with E-state index in [-0.39, 0.29) is 16.6 Å². The molecule has 7 heteroatoms. The van der Waals surface area contributed by atoms with Crippen LogP contribution >= 0.6 is 0 Å². The van der Waals surface area contributed by atoms with Gasteiger partial charge in [-0.1, -0.05) is 26.0 Å². The monoisotopic (exact) mass is 296 g/mol. The van der Waals surface area contributed by atoms with Gasteiger partial charge in [0.05, 0.1) is 4.90 Å². The zero-order chi connectivity index (χ0) is 14.9. The summed E-state index contributed by atoms with van der Waals surface area (Å²) in [4.78, 5) is 15.4. The molecular weight excluding hydrogens is 280 g/mol. The minimum Gasteiger partial charge on any atom is -0.480 e. The lowest BCUT2D eigenvalue weighted by Gasteiger charge is -2.11. The van der Waals surface area contributed by atoms with Gasteiger partial charge in [-0.2, -0.15) is 0 Å². The van der Waals surface area contributed by atoms with E-state index in [1.54, 1.807) is 18.2 Å². The number of aliphatic imine (C=N–C) groups is 1. The van der Waals surface area contributed by atoms with Gasteiger partial charge in [-0.05, 0) is 24.5 Å². The Morgan fingerprint density at radius 3 is 2.60 bits per heavy atom. The molecule has 0 spiro atoms. The third-order valence-electron chi connectivity index (χ3n) is 2.93. The van der Waals surface area contributed by atoms with Crippen molar-refractivity contribution in [1.29, 1.82) is 0 Å². The minimum absolute atomic E-state index is 0.105. The van der Waals surface area contributed by atoms with Crippen molar-refractivity contribution in [3.05, 3.63) is 29.8 Å². The Balaban J connectivity index is 2.43. The SMILES string of the molecule is CC(C)C[C@@H](N=C1NS(=O)(=O)c2ccccc21)C(=O)O. The van der Waals surface area contributed by atoms with Gasteiger partial charge < -0.3 is 5.11 Å². The van der Waals surface area contributed by atoms with Crippen molar-refractivity contribution in [3.63, 3.8) is 0 Å². The maximum absolute atomic E-state index is 11.9. The van der Waals surface area contributed by atoms with E-state index < -0.39 is 22.0 Å². The molecule has 0 saturated heterocycles. The Hall–Kier alpha value is -1.89. The van der Waals surface area contributed by atoms with Crippen LogP contribution in [0.2, 0.25) is 0 Å². The molecule has 0 amide bonds. The van der Waals surface area contributed by atoms with Crippen LogP contribution in [0.4, 0.5) is 0 Å². The molecule has 0 fully saturated rings. The van der Waals surface area contributed by atoms with E-state index >= 15 is 0 Å². The van der Waals surface area contributed by atoms with Crippen LogP contribution in [0.3, 0.4) is 0 Å². The van der Waals surface area contributed by atoms with Crippen molar-refractivity contribution in [1.82, 2.24) is 4.72 Å². The van der Waals surface area contributed by atoms with Gasteiger partial charge in [-0.15, -0.1) is 0 Å². The predicted molar refractivity (Wildman–Crippen MR) is 74.2 cm³/mol. The molecule has 0 aromatic heterocycles. The minimum atomic E-state index is -3.63. The number of benzene rings is 1. The fourth-order valence-corrected chi connectivity index (χ4v) is 3.28. The third kappa shape index (κ3) is 2.82. The van der Waals surface area contributed by atoms with Crippen LogP contribution in [0.1, 0.15) is 25.8 Å². The lowest BCUT2D eigenvalue weighted by Crippen LogP contribution is -2.27. The maximum Gasteiger partial charge on any atom is 0.328 e. The lowest BCUT2D eigenvalue weighted by atomic mass is 10.0. The topological polar surface area (TPSA) is 95.8 Å². The van der Waals surface area contributed by atoms with Crippen LogP contribution in [-0.4, -0.2) is 31.4 Å². The molecule has 0 aliphatic carbocycles. The smallest absolute Gasteiger partial charge is 0.328 e. The van der Waals surface area contributed by atoms with Gasteiger partial charge in [0.1, 0.15) is 11.9 Å². The zero-order valence-corrected chi connectivity index (χ0v) is 12.0. The summed E-state index contributed by atoms with van der Waals surface area (Å²) >= 11 is 0. The molecule has 1 aliphatic heterocycles. The van der Waals surface area contributed by atoms with Crippen molar-refractivity contribution >= 4 is 21.8 Å². The first kappa shape index (κ1) is 14.5. The van der Waals surface area contributed by atoms with Crippen LogP contribution in [0, 0.1) is 5.92 Å². The molecule has 2 N–H and O–H groups in total. The number of carboxylic acid groups (broad SMARTS) is 1. The number of sulfonamides is 1. The lowest BCUT2D eigenvalue weighted by molar-refractivity contribution is -0.138. The van der Waals surface area contributed by atoms with Crippen LogP contribution < -0.4 is 4.72 Å². The van der Waals surface area contributed by atoms with Crippen molar-refractivity contribution in [2.45, 2.75) is 31.2 Å². The molecule has 1 heterocycles. The summed E-state index contributed by atoms with van der Waals surface area (Å²) in [5.74, 6) is -0.808. The number of carboxylic acids is 1. The molecule has 0 radical (unpaired) electrons. The predicted octanol–water partition coefficient (Wildman–Crippen LogP) is 1.22. The second kappa shape index (κ2) is 5.24. The Kier molecular flexibility index (Phi) is 3.80. The molecule has 1 atom stereocenters. The van der Waals surface area contributed by atoms with Crippen molar-refractivity contribution < 1.29 is 18.3 Å². The second-order valence-corrected chi connectivity index (χ2v) is 6.71. The Labute approximate surface area is 117 Å². The molecule has 2 rings (SSSR count). The van der Waals surface area contributed by atoms with Gasteiger partial charge in [-0.3, -0.25) is 9.71 Å². The summed E-state index contributed by atoms with van der Waals surface area (Å²) in [6, 6.07) is 5.43. The highest BCUT2D eigenvalue weighted by atomic mass is 32.2. The van der Waals surface area contributed by atoms with Crippen LogP contribution in [0.5, 0.6) is 0 Å². The summed E-state index contributed by atoms with van der Waals surface area (Å²) in [5.41, 5.74) is 0.419. The molecule has 1 aromatic rings. The largest absolute Gasteiger partial charge is 0.480 e. The van der Waals surface area contributed by atoms with Crippen molar-refractivity contribution in [3.8, 4) is 0 Å². The first-order chi connectivity index (χ1) is 9.31. The number of fused-ring (bicyclic) bond motifs is 1. The number of aliphatic carboxylic acids is 1. The summed E-state index contributed by atoms with van der Waals surface area (Å²) < 4.78 is 26.1. The van der Waals surface area contributed by atoms with E-state index in [0.29, 0.717) is 12.0 Å². The average molecular weight is 296 g/mol. The molecular formula is C13H16N2O4S. The fourth-order valence-electron chi connectivity index (χ4n) is 2.04. The van der Waals surface area contributed by atoms with Crippen molar-refractivity contribution in [2.24, 2.45) is 10.9 Å². The maximum atomic E-state index is 11.9. The third-order valence-corrected chi connectivity index (χ3v) is 4.32. The van der Waals surface area contributed by atoms with E-state index in [9.17, 15) is 18.3 Å². The van der Waals surface area contributed by atoms with E-state index in [4.69, 9.17) is 0 Å². The molecule has 1 aliphatic rings. The Bertz CT molecular complexity index is 665. The molecule has 1 aromatic carbocycles. The number of hydrogen-bond acceptors (Lipinski definition) is 4. The summed E-state index contributed by atoms with van der Waals surface area (Å²) in [6.07, 6.45) is 0.350. The van der Waals surface area contributed by atoms with Crippen LogP contribution in [0.15, 0.2) is 34.2 Å². The number of nitrogens with one attached hydrogen (secondary N) is 1. The van der Waals surface area contributed by atoms with Gasteiger partial charge in [0.15, 0.2) is 0 Å². The van der Waals surface area contributed by atoms with E-state index in [2.05, 4.69) is 9.71 Å². The van der Waals surface area contributed by atoms with E-state index in [1.807, 2.05) is 13.8 Å². The molecule has 108 valence electrons. The number of rotatable bonds is 4. The van der Waals surface area contributed by atoms with Crippen LogP contribution in [-0.2, 0) is 14.8 Å². The van der Waals surface area contributed by atoms with Crippen LogP contribution in [0.25, 0.3) is 0 Å². The first-order valence-electron chi connectivity index (χ1n) is 6.24. The highest BCUT2D eigenvalue weighted by molar-refractivity contribution is 7.90. The first-order valence-corrected chi connectivity index (χ1v) is 7.72. The standard InChI is InChI=1S/C13H16N2O4S/c1-8(2)7-10(13(16)17)14-12-9-5-3-4-6-11(9)20(18,19)15-12/h3-6,8,10H,7H2,1-2H3,(H,14,15)(H,16,17)/t10-/m1/s1. The normalized spacial score (nSPS) is 19.6. The summed E-state index contributed by atoms with van der Waals surface area (Å²) in [5, 5.41) is 9.18. The van der Waals surface area contributed by atoms with Crippen molar-refractivity contribution in [2.75, 3.05) is 0 Å². The molecule has 0 bridgehead atoms. The van der Waals surface area contributed by atoms with Gasteiger partial charge in [0, 0.05) is 5.56 Å². The molecule has 0 saturated carbocycles. The second-order valence-electron chi connectivity index (χ2n) is 5.06. The number of amidine groups is 1. The van der Waals surface area contributed by atoms with Gasteiger partial charge in [0.2, 0.25) is 0 Å². The number of carbonyl (C=O) groups is 1. The van der Waals surface area contributed by atoms with Gasteiger partial charge in [-0.25, -0.2) is 13.2 Å². The van der Waals surface area contributed by atoms with Gasteiger partial charge >= 0.3 is 5.97 Å².